The van der Waals surface area contributed by atoms with E-state index in [0.717, 1.165) is 21.3 Å². The van der Waals surface area contributed by atoms with E-state index >= 15 is 4.39 Å². The molecule has 0 radical (unpaired) electrons. The van der Waals surface area contributed by atoms with E-state index in [2.05, 4.69) is 20.3 Å². The lowest BCUT2D eigenvalue weighted by atomic mass is 9.77. The van der Waals surface area contributed by atoms with E-state index in [9.17, 15) is 9.90 Å². The number of hydrogen-bond acceptors (Lipinski definition) is 9. The van der Waals surface area contributed by atoms with Crippen LogP contribution >= 0.6 is 0 Å². The van der Waals surface area contributed by atoms with Crippen molar-refractivity contribution in [2.45, 2.75) is 30.5 Å². The highest BCUT2D eigenvalue weighted by molar-refractivity contribution is 5.59. The van der Waals surface area contributed by atoms with Gasteiger partial charge >= 0.3 is 5.69 Å². The van der Waals surface area contributed by atoms with E-state index in [1.165, 1.54) is 6.20 Å². The molecule has 3 aromatic carbocycles. The van der Waals surface area contributed by atoms with Crippen LogP contribution in [0.25, 0.3) is 0 Å². The zero-order chi connectivity index (χ0) is 31.3. The second-order valence-electron chi connectivity index (χ2n) is 10.6. The van der Waals surface area contributed by atoms with Gasteiger partial charge in [0.25, 0.3) is 0 Å². The first-order valence-electron chi connectivity index (χ1n) is 14.0. The van der Waals surface area contributed by atoms with Crippen molar-refractivity contribution < 1.29 is 23.7 Å². The number of aliphatic hydroxyl groups is 1. The molecule has 2 heterocycles. The van der Waals surface area contributed by atoms with E-state index in [1.807, 2.05) is 78.9 Å². The Morgan fingerprint density at radius 3 is 2.09 bits per heavy atom. The first kappa shape index (κ1) is 30.6. The van der Waals surface area contributed by atoms with Gasteiger partial charge in [-0.3, -0.25) is 4.57 Å². The summed E-state index contributed by atoms with van der Waals surface area (Å²) < 4.78 is 33.3. The minimum Gasteiger partial charge on any atom is -0.497 e. The summed E-state index contributed by atoms with van der Waals surface area (Å²) in [5.74, 6) is 0.768. The maximum absolute atomic E-state index is 15.5. The smallest absolute Gasteiger partial charge is 0.351 e. The lowest BCUT2D eigenvalue weighted by Gasteiger charge is -2.37. The number of methoxy groups -OCH3 is 2. The van der Waals surface area contributed by atoms with Crippen molar-refractivity contribution in [1.29, 1.82) is 5.53 Å². The number of rotatable bonds is 11. The number of benzene rings is 3. The number of aromatic nitrogens is 2. The zero-order valence-electron chi connectivity index (χ0n) is 24.6. The highest BCUT2D eigenvalue weighted by atomic mass is 19.1. The molecule has 12 heteroatoms. The molecule has 228 valence electrons. The Kier molecular flexibility index (Phi) is 8.86. The fraction of sp³-hybridized carbons (Fsp3) is 0.312. The third-order valence-electron chi connectivity index (χ3n) is 8.28. The van der Waals surface area contributed by atoms with Crippen LogP contribution in [-0.4, -0.2) is 53.8 Å². The molecule has 1 fully saturated rings. The van der Waals surface area contributed by atoms with Gasteiger partial charge in [-0.1, -0.05) is 61.5 Å². The average molecular weight is 602 g/mol. The van der Waals surface area contributed by atoms with Crippen LogP contribution in [0.15, 0.2) is 101 Å². The van der Waals surface area contributed by atoms with Crippen LogP contribution in [-0.2, 0) is 10.3 Å². The summed E-state index contributed by atoms with van der Waals surface area (Å²) >= 11 is 0. The van der Waals surface area contributed by atoms with Crippen molar-refractivity contribution in [2.75, 3.05) is 32.7 Å². The summed E-state index contributed by atoms with van der Waals surface area (Å²) in [7, 11) is 3.20. The number of alkyl halides is 1. The maximum atomic E-state index is 15.5. The Hall–Kier alpha value is -4.90. The van der Waals surface area contributed by atoms with Gasteiger partial charge in [-0.05, 0) is 47.0 Å². The van der Waals surface area contributed by atoms with Crippen LogP contribution in [0.4, 0.5) is 10.2 Å². The molecule has 0 unspecified atom stereocenters. The van der Waals surface area contributed by atoms with Crippen LogP contribution in [0.5, 0.6) is 11.5 Å². The lowest BCUT2D eigenvalue weighted by molar-refractivity contribution is -0.108. The van der Waals surface area contributed by atoms with Crippen LogP contribution in [0.1, 0.15) is 29.8 Å². The number of aliphatic hydroxyl groups excluding tert-OH is 1. The number of nitrogens with zero attached hydrogens (tertiary/aromatic N) is 4. The van der Waals surface area contributed by atoms with Crippen molar-refractivity contribution in [3.8, 4) is 11.5 Å². The van der Waals surface area contributed by atoms with Crippen LogP contribution in [0, 0.1) is 11.4 Å². The third kappa shape index (κ3) is 5.46. The topological polar surface area (TPSA) is 145 Å². The Labute approximate surface area is 253 Å². The fourth-order valence-corrected chi connectivity index (χ4v) is 5.68. The number of halogens is 1. The molecular weight excluding hydrogens is 567 g/mol. The van der Waals surface area contributed by atoms with Gasteiger partial charge in [0.1, 0.15) is 39.1 Å². The molecule has 0 aliphatic carbocycles. The second-order valence-corrected chi connectivity index (χ2v) is 10.6. The van der Waals surface area contributed by atoms with E-state index in [1.54, 1.807) is 27.2 Å². The molecule has 0 spiro atoms. The predicted molar refractivity (Wildman–Crippen MR) is 161 cm³/mol. The number of hydrogen-bond donors (Lipinski definition) is 3. The van der Waals surface area contributed by atoms with Gasteiger partial charge in [0.2, 0.25) is 4.91 Å². The molecule has 44 heavy (non-hydrogen) atoms. The molecule has 11 nitrogen and oxygen atoms in total. The molecule has 3 N–H and O–H groups in total. The highest BCUT2D eigenvalue weighted by Crippen LogP contribution is 2.44. The van der Waals surface area contributed by atoms with Gasteiger partial charge in [0.05, 0.1) is 20.8 Å². The summed E-state index contributed by atoms with van der Waals surface area (Å²) in [5, 5.41) is 17.2. The standard InChI is InChI=1S/C32H33FN6O5/c1-21-28(33)29(44-31(21,20-40)19-35-38-34)39-18-17-27(36-30(39)41)37-32(22-7-5-4-6-8-22,23-9-13-25(42-2)14-10-23)24-11-15-26(43-3)16-12-24/h4-18,21,28-29,34,40H,19-20H2,1-3H3/p+1/t21-,28+,29+,31+/m0/s1. The molecule has 1 aromatic heterocycles. The summed E-state index contributed by atoms with van der Waals surface area (Å²) in [6, 6.07) is 26.5. The molecule has 1 saturated heterocycles. The SMILES string of the molecule is COc1ccc(C(Nc2ccn([C@@H]3O[C@@](CO)(CN=[N+]=N)[C@@H](C)[C@H]3F)c(=O)n2)(c2ccccc2)c2ccc(OC)cc2)cc1. The molecule has 1 aliphatic rings. The Morgan fingerprint density at radius 2 is 1.59 bits per heavy atom. The van der Waals surface area contributed by atoms with Gasteiger partial charge in [-0.15, -0.1) is 0 Å². The Morgan fingerprint density at radius 1 is 1.02 bits per heavy atom. The summed E-state index contributed by atoms with van der Waals surface area (Å²) in [4.78, 5) is 20.7. The van der Waals surface area contributed by atoms with Crippen molar-refractivity contribution in [1.82, 2.24) is 14.5 Å². The molecule has 5 rings (SSSR count). The number of nitrogens with one attached hydrogen (secondary N) is 2. The summed E-state index contributed by atoms with van der Waals surface area (Å²) in [5.41, 5.74) is 6.30. The van der Waals surface area contributed by atoms with E-state index in [-0.39, 0.29) is 12.4 Å². The van der Waals surface area contributed by atoms with Gasteiger partial charge in [-0.2, -0.15) is 4.98 Å². The maximum Gasteiger partial charge on any atom is 0.351 e. The second kappa shape index (κ2) is 12.8. The van der Waals surface area contributed by atoms with Crippen LogP contribution in [0.3, 0.4) is 0 Å². The van der Waals surface area contributed by atoms with Gasteiger partial charge < -0.3 is 24.6 Å². The van der Waals surface area contributed by atoms with Crippen molar-refractivity contribution in [3.05, 3.63) is 118 Å². The molecule has 0 bridgehead atoms. The molecule has 4 aromatic rings. The summed E-state index contributed by atoms with van der Waals surface area (Å²) in [6.45, 7) is 0.776. The van der Waals surface area contributed by atoms with Crippen molar-refractivity contribution in [2.24, 2.45) is 11.0 Å². The molecular formula is C32H34FN6O5+. The predicted octanol–water partition coefficient (Wildman–Crippen LogP) is 4.45. The largest absolute Gasteiger partial charge is 0.497 e. The minimum absolute atomic E-state index is 0.226. The monoisotopic (exact) mass is 601 g/mol. The number of ether oxygens (including phenoxy) is 3. The Bertz CT molecular complexity index is 1630. The Balaban J connectivity index is 1.61. The molecule has 4 atom stereocenters. The quantitative estimate of drug-likeness (QED) is 0.131. The minimum atomic E-state index is -1.65. The van der Waals surface area contributed by atoms with Gasteiger partial charge in [0.15, 0.2) is 18.9 Å². The zero-order valence-corrected chi connectivity index (χ0v) is 24.6. The first-order chi connectivity index (χ1) is 21.3. The number of anilines is 1. The van der Waals surface area contributed by atoms with E-state index in [0.29, 0.717) is 11.5 Å². The van der Waals surface area contributed by atoms with Crippen LogP contribution < -0.4 is 25.4 Å². The normalized spacial score (nSPS) is 21.3. The highest BCUT2D eigenvalue weighted by Gasteiger charge is 2.55. The van der Waals surface area contributed by atoms with Crippen molar-refractivity contribution in [3.63, 3.8) is 0 Å². The molecule has 1 aliphatic heterocycles. The first-order valence-corrected chi connectivity index (χ1v) is 14.0. The van der Waals surface area contributed by atoms with Crippen molar-refractivity contribution >= 4 is 5.82 Å². The lowest BCUT2D eigenvalue weighted by Crippen LogP contribution is -2.43. The van der Waals surface area contributed by atoms with Gasteiger partial charge in [0, 0.05) is 12.1 Å². The summed E-state index contributed by atoms with van der Waals surface area (Å²) in [6.07, 6.45) is -1.59. The van der Waals surface area contributed by atoms with E-state index in [4.69, 9.17) is 19.7 Å². The third-order valence-corrected chi connectivity index (χ3v) is 8.28. The van der Waals surface area contributed by atoms with Crippen LogP contribution in [0.2, 0.25) is 0 Å². The van der Waals surface area contributed by atoms with Gasteiger partial charge in [-0.25, -0.2) is 9.18 Å². The molecule has 0 amide bonds. The molecule has 0 saturated carbocycles. The fourth-order valence-electron chi connectivity index (χ4n) is 5.68. The van der Waals surface area contributed by atoms with E-state index < -0.39 is 41.8 Å². The average Bonchev–Trinajstić information content (AvgIpc) is 3.32.